The van der Waals surface area contributed by atoms with Crippen LogP contribution in [0.3, 0.4) is 0 Å². The van der Waals surface area contributed by atoms with Crippen LogP contribution in [0.15, 0.2) is 22.7 Å². The average molecular weight is 268 g/mol. The summed E-state index contributed by atoms with van der Waals surface area (Å²) in [5.41, 5.74) is 9.16. The summed E-state index contributed by atoms with van der Waals surface area (Å²) in [6.07, 6.45) is 2.43. The third-order valence-electron chi connectivity index (χ3n) is 3.77. The summed E-state index contributed by atoms with van der Waals surface area (Å²) in [5, 5.41) is 0. The van der Waals surface area contributed by atoms with Crippen molar-refractivity contribution in [3.63, 3.8) is 0 Å². The Labute approximate surface area is 100 Å². The number of halogens is 1. The van der Waals surface area contributed by atoms with Gasteiger partial charge in [-0.2, -0.15) is 0 Å². The fraction of sp³-hybridized carbons (Fsp3) is 0.538. The third kappa shape index (κ3) is 1.64. The van der Waals surface area contributed by atoms with Crippen LogP contribution in [0.25, 0.3) is 0 Å². The SMILES string of the molecule is Cc1c(Br)cccc1C1(C(C)(C)N)CC1. The van der Waals surface area contributed by atoms with Gasteiger partial charge >= 0.3 is 0 Å². The molecule has 0 bridgehead atoms. The quantitative estimate of drug-likeness (QED) is 0.872. The Kier molecular flexibility index (Phi) is 2.47. The maximum atomic E-state index is 6.31. The maximum absolute atomic E-state index is 6.31. The monoisotopic (exact) mass is 267 g/mol. The first-order valence-corrected chi connectivity index (χ1v) is 6.22. The third-order valence-corrected chi connectivity index (χ3v) is 4.63. The molecule has 0 aromatic heterocycles. The van der Waals surface area contributed by atoms with Crippen molar-refractivity contribution in [1.29, 1.82) is 0 Å². The summed E-state index contributed by atoms with van der Waals surface area (Å²) < 4.78 is 1.19. The Morgan fingerprint density at radius 2 is 1.93 bits per heavy atom. The normalized spacial score (nSPS) is 19.0. The van der Waals surface area contributed by atoms with Crippen LogP contribution >= 0.6 is 15.9 Å². The second-order valence-corrected chi connectivity index (χ2v) is 6.07. The van der Waals surface area contributed by atoms with E-state index in [1.165, 1.54) is 28.4 Å². The highest BCUT2D eigenvalue weighted by molar-refractivity contribution is 9.10. The molecule has 2 rings (SSSR count). The van der Waals surface area contributed by atoms with Crippen LogP contribution in [0.2, 0.25) is 0 Å². The molecule has 0 radical (unpaired) electrons. The van der Waals surface area contributed by atoms with Crippen molar-refractivity contribution in [3.05, 3.63) is 33.8 Å². The minimum atomic E-state index is -0.126. The van der Waals surface area contributed by atoms with Crippen LogP contribution in [0.1, 0.15) is 37.8 Å². The van der Waals surface area contributed by atoms with Crippen molar-refractivity contribution in [1.82, 2.24) is 0 Å². The second kappa shape index (κ2) is 3.33. The molecule has 0 unspecified atom stereocenters. The van der Waals surface area contributed by atoms with E-state index in [9.17, 15) is 0 Å². The zero-order chi connectivity index (χ0) is 11.3. The molecule has 1 aromatic carbocycles. The summed E-state index contributed by atoms with van der Waals surface area (Å²) in [6, 6.07) is 6.43. The van der Waals surface area contributed by atoms with Crippen molar-refractivity contribution in [2.75, 3.05) is 0 Å². The molecular formula is C13H18BrN. The zero-order valence-corrected chi connectivity index (χ0v) is 11.2. The Balaban J connectivity index is 2.51. The highest BCUT2D eigenvalue weighted by atomic mass is 79.9. The van der Waals surface area contributed by atoms with E-state index in [0.29, 0.717) is 0 Å². The standard InChI is InChI=1S/C13H18BrN/c1-9-10(5-4-6-11(9)14)13(7-8-13)12(2,3)15/h4-6H,7-8,15H2,1-3H3. The highest BCUT2D eigenvalue weighted by Crippen LogP contribution is 2.56. The smallest absolute Gasteiger partial charge is 0.0207 e. The molecule has 2 N–H and O–H groups in total. The van der Waals surface area contributed by atoms with Crippen LogP contribution < -0.4 is 5.73 Å². The van der Waals surface area contributed by atoms with Gasteiger partial charge in [0.1, 0.15) is 0 Å². The van der Waals surface area contributed by atoms with E-state index in [-0.39, 0.29) is 11.0 Å². The van der Waals surface area contributed by atoms with Crippen molar-refractivity contribution in [2.45, 2.75) is 44.6 Å². The molecule has 1 aliphatic carbocycles. The van der Waals surface area contributed by atoms with Gasteiger partial charge in [-0.1, -0.05) is 28.1 Å². The molecule has 0 atom stereocenters. The molecule has 0 aliphatic heterocycles. The number of hydrogen-bond donors (Lipinski definition) is 1. The fourth-order valence-electron chi connectivity index (χ4n) is 2.51. The lowest BCUT2D eigenvalue weighted by atomic mass is 9.77. The van der Waals surface area contributed by atoms with Gasteiger partial charge in [0.15, 0.2) is 0 Å². The molecule has 1 nitrogen and oxygen atoms in total. The lowest BCUT2D eigenvalue weighted by Crippen LogP contribution is -2.45. The van der Waals surface area contributed by atoms with Gasteiger partial charge in [-0.05, 0) is 50.8 Å². The Morgan fingerprint density at radius 1 is 1.33 bits per heavy atom. The van der Waals surface area contributed by atoms with Gasteiger partial charge in [0.25, 0.3) is 0 Å². The first-order valence-electron chi connectivity index (χ1n) is 5.43. The van der Waals surface area contributed by atoms with Gasteiger partial charge in [0.05, 0.1) is 0 Å². The predicted octanol–water partition coefficient (Wildman–Crippen LogP) is 3.53. The molecular weight excluding hydrogens is 250 g/mol. The summed E-state index contributed by atoms with van der Waals surface area (Å²) in [5.74, 6) is 0. The average Bonchev–Trinajstić information content (AvgIpc) is 2.89. The van der Waals surface area contributed by atoms with Crippen molar-refractivity contribution < 1.29 is 0 Å². The van der Waals surface area contributed by atoms with Gasteiger partial charge in [-0.15, -0.1) is 0 Å². The van der Waals surface area contributed by atoms with E-state index in [0.717, 1.165) is 0 Å². The van der Waals surface area contributed by atoms with Crippen molar-refractivity contribution in [2.24, 2.45) is 5.73 Å². The first-order chi connectivity index (χ1) is 6.88. The van der Waals surface area contributed by atoms with E-state index < -0.39 is 0 Å². The Hall–Kier alpha value is -0.340. The van der Waals surface area contributed by atoms with Crippen LogP contribution in [0, 0.1) is 6.92 Å². The lowest BCUT2D eigenvalue weighted by Gasteiger charge is -2.32. The molecule has 1 saturated carbocycles. The summed E-state index contributed by atoms with van der Waals surface area (Å²) in [6.45, 7) is 6.45. The van der Waals surface area contributed by atoms with Crippen molar-refractivity contribution >= 4 is 15.9 Å². The maximum Gasteiger partial charge on any atom is 0.0207 e. The summed E-state index contributed by atoms with van der Waals surface area (Å²) in [4.78, 5) is 0. The largest absolute Gasteiger partial charge is 0.325 e. The van der Waals surface area contributed by atoms with E-state index in [1.54, 1.807) is 0 Å². The molecule has 2 heteroatoms. The molecule has 0 saturated heterocycles. The van der Waals surface area contributed by atoms with E-state index in [4.69, 9.17) is 5.73 Å². The summed E-state index contributed by atoms with van der Waals surface area (Å²) >= 11 is 3.59. The molecule has 0 amide bonds. The zero-order valence-electron chi connectivity index (χ0n) is 9.60. The number of hydrogen-bond acceptors (Lipinski definition) is 1. The second-order valence-electron chi connectivity index (χ2n) is 5.22. The minimum Gasteiger partial charge on any atom is -0.325 e. The minimum absolute atomic E-state index is 0.126. The molecule has 0 spiro atoms. The number of rotatable bonds is 2. The van der Waals surface area contributed by atoms with E-state index >= 15 is 0 Å². The fourth-order valence-corrected chi connectivity index (χ4v) is 2.88. The lowest BCUT2D eigenvalue weighted by molar-refractivity contribution is 0.390. The van der Waals surface area contributed by atoms with Gasteiger partial charge in [0, 0.05) is 15.4 Å². The van der Waals surface area contributed by atoms with E-state index in [2.05, 4.69) is 54.9 Å². The van der Waals surface area contributed by atoms with Gasteiger partial charge in [0.2, 0.25) is 0 Å². The van der Waals surface area contributed by atoms with Crippen LogP contribution in [0.4, 0.5) is 0 Å². The van der Waals surface area contributed by atoms with Gasteiger partial charge in [-0.3, -0.25) is 0 Å². The van der Waals surface area contributed by atoms with Gasteiger partial charge in [-0.25, -0.2) is 0 Å². The van der Waals surface area contributed by atoms with Crippen LogP contribution in [-0.4, -0.2) is 5.54 Å². The Bertz CT molecular complexity index is 386. The van der Waals surface area contributed by atoms with E-state index in [1.807, 2.05) is 0 Å². The topological polar surface area (TPSA) is 26.0 Å². The van der Waals surface area contributed by atoms with Crippen LogP contribution in [-0.2, 0) is 5.41 Å². The Morgan fingerprint density at radius 3 is 2.40 bits per heavy atom. The molecule has 1 aliphatic rings. The van der Waals surface area contributed by atoms with Gasteiger partial charge < -0.3 is 5.73 Å². The van der Waals surface area contributed by atoms with Crippen molar-refractivity contribution in [3.8, 4) is 0 Å². The first kappa shape index (κ1) is 11.2. The predicted molar refractivity (Wildman–Crippen MR) is 68.1 cm³/mol. The number of benzene rings is 1. The molecule has 82 valence electrons. The van der Waals surface area contributed by atoms with Crippen LogP contribution in [0.5, 0.6) is 0 Å². The highest BCUT2D eigenvalue weighted by Gasteiger charge is 2.54. The summed E-state index contributed by atoms with van der Waals surface area (Å²) in [7, 11) is 0. The number of nitrogens with two attached hydrogens (primary N) is 1. The molecule has 15 heavy (non-hydrogen) atoms. The molecule has 1 fully saturated rings. The molecule has 1 aromatic rings. The molecule has 0 heterocycles.